The molecule has 4 rings (SSSR count). The number of pyridine rings is 1. The van der Waals surface area contributed by atoms with Crippen molar-refractivity contribution in [1.82, 2.24) is 9.38 Å². The molecule has 0 bridgehead atoms. The van der Waals surface area contributed by atoms with Crippen LogP contribution >= 0.6 is 0 Å². The molecule has 4 aromatic rings. The number of aryl methyl sites for hydroxylation is 2. The van der Waals surface area contributed by atoms with Gasteiger partial charge in [0.25, 0.3) is 0 Å². The minimum atomic E-state index is 0.0716. The lowest BCUT2D eigenvalue weighted by molar-refractivity contribution is -0.116. The molecular formula is C28H24N2O2. The van der Waals surface area contributed by atoms with Crippen LogP contribution in [0, 0.1) is 25.7 Å². The fourth-order valence-corrected chi connectivity index (χ4v) is 3.74. The van der Waals surface area contributed by atoms with Crippen LogP contribution in [-0.4, -0.2) is 21.0 Å². The highest BCUT2D eigenvalue weighted by molar-refractivity contribution is 5.98. The van der Waals surface area contributed by atoms with Crippen molar-refractivity contribution in [2.45, 2.75) is 33.6 Å². The van der Waals surface area contributed by atoms with E-state index in [9.17, 15) is 9.59 Å². The molecular weight excluding hydrogens is 396 g/mol. The zero-order valence-corrected chi connectivity index (χ0v) is 18.5. The molecule has 158 valence electrons. The Morgan fingerprint density at radius 3 is 2.59 bits per heavy atom. The second-order valence-corrected chi connectivity index (χ2v) is 8.12. The smallest absolute Gasteiger partial charge is 0.167 e. The molecule has 32 heavy (non-hydrogen) atoms. The van der Waals surface area contributed by atoms with Crippen molar-refractivity contribution >= 4 is 17.2 Å². The van der Waals surface area contributed by atoms with Gasteiger partial charge in [0.2, 0.25) is 0 Å². The van der Waals surface area contributed by atoms with E-state index in [-0.39, 0.29) is 11.6 Å². The number of carbonyl (C=O) groups is 2. The van der Waals surface area contributed by atoms with Gasteiger partial charge in [-0.15, -0.1) is 0 Å². The van der Waals surface area contributed by atoms with Crippen LogP contribution in [0.4, 0.5) is 0 Å². The Kier molecular flexibility index (Phi) is 6.00. The number of hydrogen-bond donors (Lipinski definition) is 0. The first-order valence-electron chi connectivity index (χ1n) is 10.6. The zero-order chi connectivity index (χ0) is 22.7. The molecule has 0 aliphatic rings. The number of Topliss-reactive ketones (excluding diaryl/α,β-unsaturated/α-hetero) is 2. The van der Waals surface area contributed by atoms with Crippen LogP contribution in [0.3, 0.4) is 0 Å². The first-order valence-corrected chi connectivity index (χ1v) is 10.6. The third-order valence-electron chi connectivity index (χ3n) is 5.39. The average Bonchev–Trinajstić information content (AvgIpc) is 3.17. The van der Waals surface area contributed by atoms with Crippen LogP contribution in [0.5, 0.6) is 0 Å². The second kappa shape index (κ2) is 9.03. The summed E-state index contributed by atoms with van der Waals surface area (Å²) in [6.45, 7) is 5.58. The van der Waals surface area contributed by atoms with Gasteiger partial charge in [-0.1, -0.05) is 53.9 Å². The normalized spacial score (nSPS) is 10.6. The van der Waals surface area contributed by atoms with Crippen molar-refractivity contribution < 1.29 is 9.59 Å². The highest BCUT2D eigenvalue weighted by atomic mass is 16.1. The quantitative estimate of drug-likeness (QED) is 0.341. The van der Waals surface area contributed by atoms with Crippen molar-refractivity contribution in [1.29, 1.82) is 0 Å². The van der Waals surface area contributed by atoms with Crippen molar-refractivity contribution in [2.75, 3.05) is 0 Å². The third-order valence-corrected chi connectivity index (χ3v) is 5.39. The fourth-order valence-electron chi connectivity index (χ4n) is 3.74. The van der Waals surface area contributed by atoms with E-state index in [1.807, 2.05) is 79.0 Å². The Bertz CT molecular complexity index is 1400. The van der Waals surface area contributed by atoms with Crippen LogP contribution < -0.4 is 0 Å². The van der Waals surface area contributed by atoms with Crippen molar-refractivity contribution in [3.8, 4) is 11.8 Å². The van der Waals surface area contributed by atoms with Crippen LogP contribution in [0.2, 0.25) is 0 Å². The Morgan fingerprint density at radius 2 is 1.81 bits per heavy atom. The molecule has 0 aliphatic carbocycles. The number of rotatable bonds is 5. The summed E-state index contributed by atoms with van der Waals surface area (Å²) >= 11 is 0. The van der Waals surface area contributed by atoms with Gasteiger partial charge in [-0.05, 0) is 50.0 Å². The lowest BCUT2D eigenvalue weighted by Crippen LogP contribution is -2.04. The molecule has 2 aromatic heterocycles. The van der Waals surface area contributed by atoms with Crippen molar-refractivity contribution in [3.05, 3.63) is 106 Å². The Hall–Kier alpha value is -3.97. The predicted octanol–water partition coefficient (Wildman–Crippen LogP) is 4.91. The maximum atomic E-state index is 12.8. The Morgan fingerprint density at radius 1 is 0.969 bits per heavy atom. The lowest BCUT2D eigenvalue weighted by atomic mass is 9.98. The SMILES string of the molecule is CC(=O)Cc1cccn2c(C#Cc3cc(C(=O)Cc4cccc(C)c4)ccc3C)cnc12. The maximum Gasteiger partial charge on any atom is 0.167 e. The average molecular weight is 421 g/mol. The van der Waals surface area contributed by atoms with E-state index in [0.717, 1.165) is 39.2 Å². The molecule has 0 radical (unpaired) electrons. The van der Waals surface area contributed by atoms with Crippen LogP contribution in [0.15, 0.2) is 67.0 Å². The Balaban J connectivity index is 1.62. The number of carbonyl (C=O) groups excluding carboxylic acids is 2. The van der Waals surface area contributed by atoms with Gasteiger partial charge in [-0.3, -0.25) is 14.0 Å². The van der Waals surface area contributed by atoms with E-state index in [0.29, 0.717) is 18.4 Å². The van der Waals surface area contributed by atoms with Crippen LogP contribution in [0.25, 0.3) is 5.65 Å². The topological polar surface area (TPSA) is 51.4 Å². The van der Waals surface area contributed by atoms with Gasteiger partial charge in [0, 0.05) is 35.7 Å². The summed E-state index contributed by atoms with van der Waals surface area (Å²) in [7, 11) is 0. The third kappa shape index (κ3) is 4.68. The summed E-state index contributed by atoms with van der Waals surface area (Å²) in [6.07, 6.45) is 4.32. The Labute approximate surface area is 187 Å². The molecule has 0 saturated heterocycles. The van der Waals surface area contributed by atoms with Gasteiger partial charge < -0.3 is 0 Å². The van der Waals surface area contributed by atoms with Gasteiger partial charge in [-0.25, -0.2) is 4.98 Å². The summed E-state index contributed by atoms with van der Waals surface area (Å²) in [6, 6.07) is 17.5. The number of benzene rings is 2. The predicted molar refractivity (Wildman–Crippen MR) is 126 cm³/mol. The molecule has 0 unspecified atom stereocenters. The minimum Gasteiger partial charge on any atom is -0.300 e. The number of hydrogen-bond acceptors (Lipinski definition) is 3. The summed E-state index contributed by atoms with van der Waals surface area (Å²) in [5, 5.41) is 0. The van der Waals surface area contributed by atoms with E-state index in [4.69, 9.17) is 0 Å². The fraction of sp³-hybridized carbons (Fsp3) is 0.179. The summed E-state index contributed by atoms with van der Waals surface area (Å²) < 4.78 is 1.90. The molecule has 0 saturated carbocycles. The maximum absolute atomic E-state index is 12.8. The summed E-state index contributed by atoms with van der Waals surface area (Å²) in [4.78, 5) is 28.8. The molecule has 2 aromatic carbocycles. The van der Waals surface area contributed by atoms with Gasteiger partial charge in [0.05, 0.1) is 6.20 Å². The monoisotopic (exact) mass is 420 g/mol. The number of imidazole rings is 1. The second-order valence-electron chi connectivity index (χ2n) is 8.12. The number of nitrogens with zero attached hydrogens (tertiary/aromatic N) is 2. The summed E-state index contributed by atoms with van der Waals surface area (Å²) in [5.74, 6) is 6.55. The number of fused-ring (bicyclic) bond motifs is 1. The number of aromatic nitrogens is 2. The van der Waals surface area contributed by atoms with Gasteiger partial charge in [-0.2, -0.15) is 0 Å². The highest BCUT2D eigenvalue weighted by Crippen LogP contribution is 2.16. The van der Waals surface area contributed by atoms with E-state index in [1.54, 1.807) is 13.1 Å². The highest BCUT2D eigenvalue weighted by Gasteiger charge is 2.10. The molecule has 0 N–H and O–H groups in total. The first-order chi connectivity index (χ1) is 15.4. The van der Waals surface area contributed by atoms with Crippen LogP contribution in [0.1, 0.15) is 50.8 Å². The first kappa shape index (κ1) is 21.3. The molecule has 0 fully saturated rings. The van der Waals surface area contributed by atoms with Gasteiger partial charge in [0.15, 0.2) is 5.78 Å². The largest absolute Gasteiger partial charge is 0.300 e. The molecule has 0 atom stereocenters. The van der Waals surface area contributed by atoms with E-state index < -0.39 is 0 Å². The van der Waals surface area contributed by atoms with E-state index in [1.165, 1.54) is 0 Å². The standard InChI is InChI=1S/C28H24N2O2/c1-19-6-4-7-22(14-19)16-27(32)24-10-9-20(2)23(17-24)11-12-26-18-29-28-25(15-21(3)31)8-5-13-30(26)28/h4-10,13-14,17-18H,15-16H2,1-3H3. The molecule has 0 aliphatic heterocycles. The van der Waals surface area contributed by atoms with Gasteiger partial charge >= 0.3 is 0 Å². The molecule has 2 heterocycles. The van der Waals surface area contributed by atoms with E-state index in [2.05, 4.69) is 16.8 Å². The van der Waals surface area contributed by atoms with Gasteiger partial charge in [0.1, 0.15) is 17.1 Å². The van der Waals surface area contributed by atoms with Crippen molar-refractivity contribution in [3.63, 3.8) is 0 Å². The van der Waals surface area contributed by atoms with E-state index >= 15 is 0 Å². The summed E-state index contributed by atoms with van der Waals surface area (Å²) in [5.41, 5.74) is 6.99. The van der Waals surface area contributed by atoms with Crippen molar-refractivity contribution in [2.24, 2.45) is 0 Å². The lowest BCUT2D eigenvalue weighted by Gasteiger charge is -2.05. The molecule has 0 spiro atoms. The van der Waals surface area contributed by atoms with Crippen LogP contribution in [-0.2, 0) is 17.6 Å². The molecule has 4 heteroatoms. The minimum absolute atomic E-state index is 0.0716. The zero-order valence-electron chi connectivity index (χ0n) is 18.5. The molecule has 4 nitrogen and oxygen atoms in total. The molecule has 0 amide bonds. The number of ketones is 2.